The van der Waals surface area contributed by atoms with E-state index in [0.717, 1.165) is 0 Å². The van der Waals surface area contributed by atoms with E-state index in [-0.39, 0.29) is 5.69 Å². The highest BCUT2D eigenvalue weighted by Crippen LogP contribution is 2.24. The lowest BCUT2D eigenvalue weighted by atomic mass is 10.1. The summed E-state index contributed by atoms with van der Waals surface area (Å²) < 4.78 is 0.690. The van der Waals surface area contributed by atoms with E-state index in [1.165, 1.54) is 6.07 Å². The van der Waals surface area contributed by atoms with Gasteiger partial charge in [0.15, 0.2) is 0 Å². The molecule has 0 spiro atoms. The Kier molecular flexibility index (Phi) is 4.23. The van der Waals surface area contributed by atoms with Crippen LogP contribution in [0.4, 0.5) is 5.69 Å². The fourth-order valence-electron chi connectivity index (χ4n) is 1.28. The average Bonchev–Trinajstić information content (AvgIpc) is 2.15. The molecule has 1 aromatic rings. The van der Waals surface area contributed by atoms with Crippen LogP contribution >= 0.6 is 15.9 Å². The van der Waals surface area contributed by atoms with Gasteiger partial charge in [0.2, 0.25) is 0 Å². The van der Waals surface area contributed by atoms with Crippen LogP contribution in [0.1, 0.15) is 18.9 Å². The number of nitrogens with zero attached hydrogens (tertiary/aromatic N) is 1. The van der Waals surface area contributed by atoms with E-state index in [1.54, 1.807) is 19.1 Å². The van der Waals surface area contributed by atoms with Crippen LogP contribution in [0.25, 0.3) is 0 Å². The van der Waals surface area contributed by atoms with Gasteiger partial charge in [-0.1, -0.05) is 22.0 Å². The van der Waals surface area contributed by atoms with Crippen LogP contribution < -0.4 is 0 Å². The van der Waals surface area contributed by atoms with Crippen molar-refractivity contribution in [3.8, 4) is 0 Å². The van der Waals surface area contributed by atoms with Crippen LogP contribution in [0.3, 0.4) is 0 Å². The molecule has 1 unspecified atom stereocenters. The number of halogens is 1. The highest BCUT2D eigenvalue weighted by molar-refractivity contribution is 9.10. The van der Waals surface area contributed by atoms with Crippen molar-refractivity contribution in [1.82, 2.24) is 0 Å². The van der Waals surface area contributed by atoms with Crippen LogP contribution in [0.2, 0.25) is 0 Å². The van der Waals surface area contributed by atoms with Crippen LogP contribution in [0, 0.1) is 10.1 Å². The van der Waals surface area contributed by atoms with Gasteiger partial charge in [-0.2, -0.15) is 0 Å². The summed E-state index contributed by atoms with van der Waals surface area (Å²) in [4.78, 5) is 10.3. The second-order valence-corrected chi connectivity index (χ2v) is 4.33. The van der Waals surface area contributed by atoms with Crippen molar-refractivity contribution in [3.05, 3.63) is 38.3 Å². The molecule has 1 N–H and O–H groups in total. The fraction of sp³-hybridized carbons (Fsp3) is 0.400. The summed E-state index contributed by atoms with van der Waals surface area (Å²) in [5, 5.41) is 19.9. The summed E-state index contributed by atoms with van der Waals surface area (Å²) in [6.45, 7) is 1.67. The van der Waals surface area contributed by atoms with Crippen molar-refractivity contribution in [2.24, 2.45) is 0 Å². The monoisotopic (exact) mass is 273 g/mol. The lowest BCUT2D eigenvalue weighted by Crippen LogP contribution is -2.03. The predicted octanol–water partition coefficient (Wildman–Crippen LogP) is 2.67. The van der Waals surface area contributed by atoms with E-state index < -0.39 is 11.0 Å². The minimum absolute atomic E-state index is 0.102. The summed E-state index contributed by atoms with van der Waals surface area (Å²) in [7, 11) is 0. The molecule has 4 nitrogen and oxygen atoms in total. The summed E-state index contributed by atoms with van der Waals surface area (Å²) in [5.41, 5.74) is 0.758. The Bertz CT molecular complexity index is 366. The molecular formula is C10H12BrNO3. The highest BCUT2D eigenvalue weighted by Gasteiger charge is 2.14. The zero-order chi connectivity index (χ0) is 11.4. The molecule has 82 valence electrons. The number of hydrogen-bond acceptors (Lipinski definition) is 3. The zero-order valence-corrected chi connectivity index (χ0v) is 9.90. The molecule has 0 saturated carbocycles. The maximum Gasteiger partial charge on any atom is 0.273 e. The molecule has 0 saturated heterocycles. The molecule has 0 radical (unpaired) electrons. The summed E-state index contributed by atoms with van der Waals surface area (Å²) in [6, 6.07) is 4.96. The van der Waals surface area contributed by atoms with E-state index in [0.29, 0.717) is 22.9 Å². The number of aryl methyl sites for hydroxylation is 1. The third-order valence-corrected chi connectivity index (χ3v) is 2.57. The largest absolute Gasteiger partial charge is 0.393 e. The number of rotatable bonds is 4. The summed E-state index contributed by atoms with van der Waals surface area (Å²) in [6.07, 6.45) is 0.609. The predicted molar refractivity (Wildman–Crippen MR) is 60.8 cm³/mol. The maximum atomic E-state index is 10.7. The van der Waals surface area contributed by atoms with Crippen molar-refractivity contribution < 1.29 is 10.0 Å². The van der Waals surface area contributed by atoms with Gasteiger partial charge in [0, 0.05) is 16.1 Å². The van der Waals surface area contributed by atoms with E-state index in [4.69, 9.17) is 5.11 Å². The minimum atomic E-state index is -0.437. The normalized spacial score (nSPS) is 12.5. The Morgan fingerprint density at radius 1 is 1.60 bits per heavy atom. The second-order valence-electron chi connectivity index (χ2n) is 3.42. The first-order chi connectivity index (χ1) is 7.00. The topological polar surface area (TPSA) is 63.4 Å². The first-order valence-corrected chi connectivity index (χ1v) is 5.41. The molecule has 0 bridgehead atoms. The van der Waals surface area contributed by atoms with Crippen molar-refractivity contribution in [3.63, 3.8) is 0 Å². The van der Waals surface area contributed by atoms with E-state index >= 15 is 0 Å². The van der Waals surface area contributed by atoms with Crippen LogP contribution in [-0.2, 0) is 6.42 Å². The first-order valence-electron chi connectivity index (χ1n) is 4.61. The molecule has 15 heavy (non-hydrogen) atoms. The molecular weight excluding hydrogens is 262 g/mol. The lowest BCUT2D eigenvalue weighted by molar-refractivity contribution is -0.385. The fourth-order valence-corrected chi connectivity index (χ4v) is 1.63. The van der Waals surface area contributed by atoms with E-state index in [9.17, 15) is 10.1 Å². The number of aliphatic hydroxyl groups excluding tert-OH is 1. The quantitative estimate of drug-likeness (QED) is 0.678. The van der Waals surface area contributed by atoms with Gasteiger partial charge in [-0.3, -0.25) is 10.1 Å². The molecule has 5 heteroatoms. The molecule has 1 rings (SSSR count). The maximum absolute atomic E-state index is 10.7. The number of aliphatic hydroxyl groups is 1. The SMILES string of the molecule is CC(O)CCc1ccc(Br)cc1[N+](=O)[O-]. The van der Waals surface area contributed by atoms with Crippen LogP contribution in [-0.4, -0.2) is 16.1 Å². The molecule has 1 aromatic carbocycles. The number of hydrogen-bond donors (Lipinski definition) is 1. The number of benzene rings is 1. The lowest BCUT2D eigenvalue weighted by Gasteiger charge is -2.05. The van der Waals surface area contributed by atoms with Gasteiger partial charge in [-0.25, -0.2) is 0 Å². The zero-order valence-electron chi connectivity index (χ0n) is 8.31. The smallest absolute Gasteiger partial charge is 0.273 e. The van der Waals surface area contributed by atoms with Gasteiger partial charge < -0.3 is 5.11 Å². The molecule has 0 aliphatic carbocycles. The van der Waals surface area contributed by atoms with Crippen molar-refractivity contribution >= 4 is 21.6 Å². The van der Waals surface area contributed by atoms with Crippen molar-refractivity contribution in [2.75, 3.05) is 0 Å². The molecule has 0 heterocycles. The van der Waals surface area contributed by atoms with E-state index in [2.05, 4.69) is 15.9 Å². The number of nitro benzene ring substituents is 1. The molecule has 1 atom stereocenters. The Hall–Kier alpha value is -0.940. The Balaban J connectivity index is 2.91. The molecule has 0 fully saturated rings. The third kappa shape index (κ3) is 3.60. The molecule has 0 aromatic heterocycles. The number of nitro groups is 1. The third-order valence-electron chi connectivity index (χ3n) is 2.08. The molecule has 0 aliphatic heterocycles. The van der Waals surface area contributed by atoms with E-state index in [1.807, 2.05) is 0 Å². The highest BCUT2D eigenvalue weighted by atomic mass is 79.9. The van der Waals surface area contributed by atoms with Crippen molar-refractivity contribution in [1.29, 1.82) is 0 Å². The van der Waals surface area contributed by atoms with Gasteiger partial charge in [0.05, 0.1) is 11.0 Å². The Morgan fingerprint density at radius 3 is 2.80 bits per heavy atom. The first kappa shape index (κ1) is 12.1. The molecule has 0 amide bonds. The summed E-state index contributed by atoms with van der Waals surface area (Å²) in [5.74, 6) is 0. The van der Waals surface area contributed by atoms with Gasteiger partial charge in [-0.05, 0) is 25.8 Å². The van der Waals surface area contributed by atoms with Gasteiger partial charge in [0.1, 0.15) is 0 Å². The van der Waals surface area contributed by atoms with Gasteiger partial charge in [0.25, 0.3) is 5.69 Å². The standard InChI is InChI=1S/C10H12BrNO3/c1-7(13)2-3-8-4-5-9(11)6-10(8)12(14)15/h4-7,13H,2-3H2,1H3. The van der Waals surface area contributed by atoms with Gasteiger partial charge >= 0.3 is 0 Å². The van der Waals surface area contributed by atoms with Crippen molar-refractivity contribution in [2.45, 2.75) is 25.9 Å². The average molecular weight is 274 g/mol. The van der Waals surface area contributed by atoms with Crippen LogP contribution in [0.15, 0.2) is 22.7 Å². The summed E-state index contributed by atoms with van der Waals surface area (Å²) >= 11 is 3.19. The second kappa shape index (κ2) is 5.23. The van der Waals surface area contributed by atoms with Crippen LogP contribution in [0.5, 0.6) is 0 Å². The van der Waals surface area contributed by atoms with Gasteiger partial charge in [-0.15, -0.1) is 0 Å². The molecule has 0 aliphatic rings. The minimum Gasteiger partial charge on any atom is -0.393 e. The Morgan fingerprint density at radius 2 is 2.27 bits per heavy atom. The Labute approximate surface area is 96.2 Å².